The zero-order chi connectivity index (χ0) is 36.7. The van der Waals surface area contributed by atoms with E-state index in [1.54, 1.807) is 0 Å². The molecule has 10 heteroatoms. The van der Waals surface area contributed by atoms with Crippen LogP contribution < -0.4 is 0 Å². The topological polar surface area (TPSA) is 132 Å². The average molecular weight is 727 g/mol. The van der Waals surface area contributed by atoms with Crippen LogP contribution in [0.1, 0.15) is 168 Å². The van der Waals surface area contributed by atoms with Crippen LogP contribution in [0.25, 0.3) is 0 Å². The highest BCUT2D eigenvalue weighted by molar-refractivity contribution is 7.46. The fourth-order valence-electron chi connectivity index (χ4n) is 5.67. The molecule has 290 valence electrons. The summed E-state index contributed by atoms with van der Waals surface area (Å²) in [6, 6.07) is 0. The van der Waals surface area contributed by atoms with Gasteiger partial charge in [-0.25, -0.2) is 4.57 Å². The first kappa shape index (κ1) is 46.3. The smallest absolute Gasteiger partial charge is 0.462 e. The highest BCUT2D eigenvalue weighted by Gasteiger charge is 2.36. The van der Waals surface area contributed by atoms with Crippen LogP contribution in [0.4, 0.5) is 0 Å². The Morgan fingerprint density at radius 2 is 1.32 bits per heavy atom. The lowest BCUT2D eigenvalue weighted by molar-refractivity contribution is -0.161. The molecule has 0 amide bonds. The lowest BCUT2D eigenvalue weighted by atomic mass is 9.99. The molecule has 0 aromatic rings. The van der Waals surface area contributed by atoms with Crippen molar-refractivity contribution in [2.24, 2.45) is 5.92 Å². The Kier molecular flexibility index (Phi) is 28.5. The first-order valence-corrected chi connectivity index (χ1v) is 21.3. The van der Waals surface area contributed by atoms with Crippen LogP contribution in [-0.2, 0) is 32.9 Å². The number of phosphoric ester groups is 1. The molecule has 0 saturated carbocycles. The Morgan fingerprint density at radius 3 is 1.96 bits per heavy atom. The number of hydrogen-bond acceptors (Lipinski definition) is 7. The fourth-order valence-corrected chi connectivity index (χ4v) is 6.03. The van der Waals surface area contributed by atoms with Crippen molar-refractivity contribution in [3.8, 4) is 0 Å². The maximum Gasteiger partial charge on any atom is 0.469 e. The van der Waals surface area contributed by atoms with Gasteiger partial charge in [0.2, 0.25) is 0 Å². The van der Waals surface area contributed by atoms with Gasteiger partial charge >= 0.3 is 19.8 Å². The van der Waals surface area contributed by atoms with E-state index in [0.717, 1.165) is 50.9 Å². The summed E-state index contributed by atoms with van der Waals surface area (Å²) >= 11 is 0. The minimum Gasteiger partial charge on any atom is -0.462 e. The number of epoxide rings is 1. The summed E-state index contributed by atoms with van der Waals surface area (Å²) < 4.78 is 32.1. The summed E-state index contributed by atoms with van der Waals surface area (Å²) in [6.07, 6.45) is 36.0. The van der Waals surface area contributed by atoms with Crippen LogP contribution in [0.15, 0.2) is 36.5 Å². The largest absolute Gasteiger partial charge is 0.469 e. The zero-order valence-electron chi connectivity index (χ0n) is 31.7. The molecule has 2 N–H and O–H groups in total. The van der Waals surface area contributed by atoms with Gasteiger partial charge < -0.3 is 24.0 Å². The highest BCUT2D eigenvalue weighted by Crippen LogP contribution is 2.36. The van der Waals surface area contributed by atoms with E-state index in [4.69, 9.17) is 24.0 Å². The van der Waals surface area contributed by atoms with Crippen molar-refractivity contribution >= 4 is 19.8 Å². The van der Waals surface area contributed by atoms with Crippen molar-refractivity contribution < 1.29 is 42.7 Å². The molecule has 0 aliphatic carbocycles. The summed E-state index contributed by atoms with van der Waals surface area (Å²) in [7, 11) is -4.77. The molecule has 0 bridgehead atoms. The summed E-state index contributed by atoms with van der Waals surface area (Å²) in [4.78, 5) is 42.9. The molecular formula is C40H71O9P. The minimum absolute atomic E-state index is 0.139. The Labute approximate surface area is 304 Å². The number of allylic oxidation sites excluding steroid dienone is 5. The molecule has 4 atom stereocenters. The molecule has 50 heavy (non-hydrogen) atoms. The Balaban J connectivity index is 2.14. The third-order valence-electron chi connectivity index (χ3n) is 9.13. The van der Waals surface area contributed by atoms with Gasteiger partial charge in [-0.3, -0.25) is 14.1 Å². The normalized spacial score (nSPS) is 17.5. The third-order valence-corrected chi connectivity index (χ3v) is 9.61. The van der Waals surface area contributed by atoms with E-state index in [1.807, 2.05) is 0 Å². The van der Waals surface area contributed by atoms with E-state index in [2.05, 4.69) is 61.8 Å². The summed E-state index contributed by atoms with van der Waals surface area (Å²) in [5.74, 6) is -0.118. The predicted octanol–water partition coefficient (Wildman–Crippen LogP) is 10.6. The highest BCUT2D eigenvalue weighted by atomic mass is 31.2. The van der Waals surface area contributed by atoms with Gasteiger partial charge in [-0.2, -0.15) is 0 Å². The third kappa shape index (κ3) is 29.9. The van der Waals surface area contributed by atoms with Gasteiger partial charge in [0.05, 0.1) is 18.8 Å². The van der Waals surface area contributed by atoms with Gasteiger partial charge in [0.1, 0.15) is 6.61 Å². The lowest BCUT2D eigenvalue weighted by Crippen LogP contribution is -2.29. The van der Waals surface area contributed by atoms with E-state index >= 15 is 0 Å². The standard InChI is InChI=1S/C40H71O9P/c1-4-6-7-8-9-10-11-12-16-19-22-25-29-37-38(49-37)30-27-32-39(41)46-33-36(34-47-50(43,44)45)48-40(42)31-26-23-20-17-14-13-15-18-21-24-28-35(3)5-2/h9-10,12,16,22,25,35-38H,4-8,11,13-15,17-21,23-24,26-34H2,1-3H3,(H2,43,44,45)/b10-9-,16-12-,25-22-/t35?,36-,37?,38?/m1/s1. The first-order valence-electron chi connectivity index (χ1n) is 19.8. The molecule has 1 aliphatic heterocycles. The molecule has 1 rings (SSSR count). The molecule has 1 heterocycles. The van der Waals surface area contributed by atoms with Crippen LogP contribution in [0, 0.1) is 5.92 Å². The second-order valence-corrected chi connectivity index (χ2v) is 15.1. The van der Waals surface area contributed by atoms with Crippen molar-refractivity contribution in [1.29, 1.82) is 0 Å². The number of rotatable bonds is 34. The van der Waals surface area contributed by atoms with E-state index in [1.165, 1.54) is 77.0 Å². The van der Waals surface area contributed by atoms with Gasteiger partial charge in [0, 0.05) is 12.8 Å². The fraction of sp³-hybridized carbons (Fsp3) is 0.800. The van der Waals surface area contributed by atoms with E-state index < -0.39 is 32.5 Å². The molecule has 0 aromatic carbocycles. The van der Waals surface area contributed by atoms with Crippen molar-refractivity contribution in [3.05, 3.63) is 36.5 Å². The van der Waals surface area contributed by atoms with Gasteiger partial charge in [-0.15, -0.1) is 0 Å². The second kappa shape index (κ2) is 30.8. The van der Waals surface area contributed by atoms with Gasteiger partial charge in [-0.05, 0) is 57.3 Å². The predicted molar refractivity (Wildman–Crippen MR) is 202 cm³/mol. The van der Waals surface area contributed by atoms with Crippen molar-refractivity contribution in [1.82, 2.24) is 0 Å². The van der Waals surface area contributed by atoms with Crippen LogP contribution in [0.3, 0.4) is 0 Å². The number of carbonyl (C=O) groups excluding carboxylic acids is 2. The molecule has 3 unspecified atom stereocenters. The molecule has 1 saturated heterocycles. The molecule has 1 fully saturated rings. The second-order valence-electron chi connectivity index (χ2n) is 13.9. The Hall–Kier alpha value is -1.77. The average Bonchev–Trinajstić information content (AvgIpc) is 3.84. The maximum absolute atomic E-state index is 12.4. The van der Waals surface area contributed by atoms with Crippen LogP contribution in [-0.4, -0.2) is 53.3 Å². The number of carbonyl (C=O) groups is 2. The summed E-state index contributed by atoms with van der Waals surface area (Å²) in [6.45, 7) is 5.93. The first-order chi connectivity index (χ1) is 24.1. The molecule has 9 nitrogen and oxygen atoms in total. The molecule has 0 spiro atoms. The number of phosphoric acid groups is 1. The van der Waals surface area contributed by atoms with E-state index in [0.29, 0.717) is 12.8 Å². The minimum atomic E-state index is -4.77. The van der Waals surface area contributed by atoms with E-state index in [9.17, 15) is 14.2 Å². The number of hydrogen-bond donors (Lipinski definition) is 2. The Bertz CT molecular complexity index is 989. The molecular weight excluding hydrogens is 655 g/mol. The van der Waals surface area contributed by atoms with Gasteiger partial charge in [-0.1, -0.05) is 141 Å². The van der Waals surface area contributed by atoms with Crippen molar-refractivity contribution in [3.63, 3.8) is 0 Å². The molecule has 0 aromatic heterocycles. The lowest BCUT2D eigenvalue weighted by Gasteiger charge is -2.18. The van der Waals surface area contributed by atoms with Crippen molar-refractivity contribution in [2.75, 3.05) is 13.2 Å². The number of unbranched alkanes of at least 4 members (excludes halogenated alkanes) is 12. The quantitative estimate of drug-likeness (QED) is 0.0219. The molecule has 1 aliphatic rings. The monoisotopic (exact) mass is 726 g/mol. The van der Waals surface area contributed by atoms with Gasteiger partial charge in [0.15, 0.2) is 6.10 Å². The molecule has 0 radical (unpaired) electrons. The van der Waals surface area contributed by atoms with Crippen molar-refractivity contribution in [2.45, 2.75) is 187 Å². The number of esters is 2. The van der Waals surface area contributed by atoms with Crippen LogP contribution in [0.2, 0.25) is 0 Å². The summed E-state index contributed by atoms with van der Waals surface area (Å²) in [5.41, 5.74) is 0. The Morgan fingerprint density at radius 1 is 0.720 bits per heavy atom. The zero-order valence-corrected chi connectivity index (χ0v) is 32.5. The number of ether oxygens (including phenoxy) is 3. The maximum atomic E-state index is 12.4. The summed E-state index contributed by atoms with van der Waals surface area (Å²) in [5, 5.41) is 0. The van der Waals surface area contributed by atoms with Gasteiger partial charge in [0.25, 0.3) is 0 Å². The van der Waals surface area contributed by atoms with Crippen LogP contribution >= 0.6 is 7.82 Å². The van der Waals surface area contributed by atoms with E-state index in [-0.39, 0.29) is 31.7 Å². The van der Waals surface area contributed by atoms with Crippen LogP contribution in [0.5, 0.6) is 0 Å². The SMILES string of the molecule is CCCCC/C=C\C/C=C\C/C=C\CC1OC1CCCC(=O)OC[C@H](COP(=O)(O)O)OC(=O)CCCCCCCCCCCCC(C)CC.